The predicted octanol–water partition coefficient (Wildman–Crippen LogP) is 1.95. The summed E-state index contributed by atoms with van der Waals surface area (Å²) in [5.74, 6) is -0.148. The molecule has 0 atom stereocenters. The Morgan fingerprint density at radius 2 is 2.05 bits per heavy atom. The van der Waals surface area contributed by atoms with Crippen molar-refractivity contribution in [2.75, 3.05) is 39.4 Å². The van der Waals surface area contributed by atoms with Gasteiger partial charge >= 0.3 is 0 Å². The maximum Gasteiger partial charge on any atom is 0.123 e. The molecular formula is C15H23FN2O. The van der Waals surface area contributed by atoms with Crippen LogP contribution < -0.4 is 5.32 Å². The number of aryl methyl sites for hydroxylation is 1. The molecule has 1 aromatic carbocycles. The van der Waals surface area contributed by atoms with E-state index in [2.05, 4.69) is 10.2 Å². The van der Waals surface area contributed by atoms with Gasteiger partial charge in [0.15, 0.2) is 0 Å². The Balaban J connectivity index is 1.60. The molecule has 1 saturated heterocycles. The molecule has 0 radical (unpaired) electrons. The van der Waals surface area contributed by atoms with Gasteiger partial charge in [0.1, 0.15) is 5.82 Å². The lowest BCUT2D eigenvalue weighted by Crippen LogP contribution is -2.37. The van der Waals surface area contributed by atoms with Gasteiger partial charge in [0.25, 0.3) is 0 Å². The van der Waals surface area contributed by atoms with Crippen molar-refractivity contribution in [2.45, 2.75) is 19.9 Å². The standard InChI is InChI=1S/C15H23FN2O/c1-13-9-14(11-15(16)10-13)12-17-3-2-4-18-5-7-19-8-6-18/h9-11,17H,2-8,12H2,1H3. The number of ether oxygens (including phenoxy) is 1. The third-order valence-corrected chi connectivity index (χ3v) is 3.36. The maximum atomic E-state index is 13.2. The van der Waals surface area contributed by atoms with Crippen molar-refractivity contribution in [3.05, 3.63) is 35.1 Å². The van der Waals surface area contributed by atoms with Crippen molar-refractivity contribution in [3.8, 4) is 0 Å². The van der Waals surface area contributed by atoms with Gasteiger partial charge in [0.05, 0.1) is 13.2 Å². The van der Waals surface area contributed by atoms with Crippen LogP contribution in [-0.4, -0.2) is 44.3 Å². The zero-order valence-electron chi connectivity index (χ0n) is 11.6. The molecule has 0 aliphatic carbocycles. The second kappa shape index (κ2) is 7.58. The predicted molar refractivity (Wildman–Crippen MR) is 74.7 cm³/mol. The Labute approximate surface area is 114 Å². The molecule has 0 saturated carbocycles. The molecule has 4 heteroatoms. The fourth-order valence-electron chi connectivity index (χ4n) is 2.40. The highest BCUT2D eigenvalue weighted by Crippen LogP contribution is 2.08. The summed E-state index contributed by atoms with van der Waals surface area (Å²) < 4.78 is 18.5. The lowest BCUT2D eigenvalue weighted by atomic mass is 10.1. The van der Waals surface area contributed by atoms with Crippen LogP contribution in [0.15, 0.2) is 18.2 Å². The molecule has 0 unspecified atom stereocenters. The summed E-state index contributed by atoms with van der Waals surface area (Å²) in [5, 5.41) is 3.37. The van der Waals surface area contributed by atoms with Gasteiger partial charge in [-0.1, -0.05) is 6.07 Å². The van der Waals surface area contributed by atoms with Gasteiger partial charge in [-0.05, 0) is 49.7 Å². The zero-order valence-corrected chi connectivity index (χ0v) is 11.6. The van der Waals surface area contributed by atoms with Crippen LogP contribution in [-0.2, 0) is 11.3 Å². The van der Waals surface area contributed by atoms with Crippen LogP contribution in [0, 0.1) is 12.7 Å². The summed E-state index contributed by atoms with van der Waals surface area (Å²) in [5.41, 5.74) is 1.99. The van der Waals surface area contributed by atoms with Crippen molar-refractivity contribution in [3.63, 3.8) is 0 Å². The molecular weight excluding hydrogens is 243 g/mol. The third kappa shape index (κ3) is 5.27. The number of nitrogens with zero attached hydrogens (tertiary/aromatic N) is 1. The first-order valence-electron chi connectivity index (χ1n) is 7.01. The van der Waals surface area contributed by atoms with E-state index in [4.69, 9.17) is 4.74 Å². The average molecular weight is 266 g/mol. The first-order chi connectivity index (χ1) is 9.24. The molecule has 1 fully saturated rings. The van der Waals surface area contributed by atoms with Crippen molar-refractivity contribution in [1.82, 2.24) is 10.2 Å². The molecule has 3 nitrogen and oxygen atoms in total. The van der Waals surface area contributed by atoms with Gasteiger partial charge in [-0.2, -0.15) is 0 Å². The normalized spacial score (nSPS) is 16.7. The summed E-state index contributed by atoms with van der Waals surface area (Å²) in [6.07, 6.45) is 1.12. The lowest BCUT2D eigenvalue weighted by molar-refractivity contribution is 0.0374. The summed E-state index contributed by atoms with van der Waals surface area (Å²) in [6.45, 7) is 8.54. The summed E-state index contributed by atoms with van der Waals surface area (Å²) >= 11 is 0. The second-order valence-electron chi connectivity index (χ2n) is 5.12. The molecule has 1 N–H and O–H groups in total. The Morgan fingerprint density at radius 1 is 1.26 bits per heavy atom. The molecule has 0 amide bonds. The lowest BCUT2D eigenvalue weighted by Gasteiger charge is -2.26. The summed E-state index contributed by atoms with van der Waals surface area (Å²) in [6, 6.07) is 5.18. The van der Waals surface area contributed by atoms with Crippen LogP contribution in [0.25, 0.3) is 0 Å². The first-order valence-corrected chi connectivity index (χ1v) is 7.01. The van der Waals surface area contributed by atoms with Crippen molar-refractivity contribution in [2.24, 2.45) is 0 Å². The molecule has 1 aliphatic heterocycles. The molecule has 1 aliphatic rings. The quantitative estimate of drug-likeness (QED) is 0.797. The van der Waals surface area contributed by atoms with E-state index in [0.29, 0.717) is 0 Å². The van der Waals surface area contributed by atoms with E-state index in [1.165, 1.54) is 0 Å². The Kier molecular flexibility index (Phi) is 5.76. The highest BCUT2D eigenvalue weighted by molar-refractivity contribution is 5.23. The Hall–Kier alpha value is -0.970. The molecule has 2 rings (SSSR count). The number of halogens is 1. The van der Waals surface area contributed by atoms with Crippen molar-refractivity contribution < 1.29 is 9.13 Å². The number of hydrogen-bond donors (Lipinski definition) is 1. The molecule has 19 heavy (non-hydrogen) atoms. The van der Waals surface area contributed by atoms with E-state index in [9.17, 15) is 4.39 Å². The Morgan fingerprint density at radius 3 is 2.79 bits per heavy atom. The zero-order chi connectivity index (χ0) is 13.5. The molecule has 0 aromatic heterocycles. The monoisotopic (exact) mass is 266 g/mol. The fraction of sp³-hybridized carbons (Fsp3) is 0.600. The number of benzene rings is 1. The van der Waals surface area contributed by atoms with E-state index in [-0.39, 0.29) is 5.82 Å². The molecule has 1 aromatic rings. The van der Waals surface area contributed by atoms with Crippen LogP contribution in [0.4, 0.5) is 4.39 Å². The van der Waals surface area contributed by atoms with Crippen LogP contribution in [0.5, 0.6) is 0 Å². The van der Waals surface area contributed by atoms with Gasteiger partial charge in [0, 0.05) is 19.6 Å². The average Bonchev–Trinajstić information content (AvgIpc) is 2.38. The number of rotatable bonds is 6. The van der Waals surface area contributed by atoms with Gasteiger partial charge in [-0.3, -0.25) is 4.90 Å². The van der Waals surface area contributed by atoms with E-state index in [0.717, 1.165) is 63.5 Å². The minimum absolute atomic E-state index is 0.148. The van der Waals surface area contributed by atoms with Crippen LogP contribution in [0.3, 0.4) is 0 Å². The van der Waals surface area contributed by atoms with E-state index in [1.807, 2.05) is 13.0 Å². The van der Waals surface area contributed by atoms with Gasteiger partial charge in [-0.15, -0.1) is 0 Å². The number of nitrogens with one attached hydrogen (secondary N) is 1. The van der Waals surface area contributed by atoms with Gasteiger partial charge < -0.3 is 10.1 Å². The summed E-state index contributed by atoms with van der Waals surface area (Å²) in [4.78, 5) is 2.43. The number of hydrogen-bond acceptors (Lipinski definition) is 3. The van der Waals surface area contributed by atoms with Gasteiger partial charge in [0.2, 0.25) is 0 Å². The smallest absolute Gasteiger partial charge is 0.123 e. The van der Waals surface area contributed by atoms with Crippen molar-refractivity contribution in [1.29, 1.82) is 0 Å². The van der Waals surface area contributed by atoms with Crippen LogP contribution in [0.1, 0.15) is 17.5 Å². The minimum atomic E-state index is -0.148. The summed E-state index contributed by atoms with van der Waals surface area (Å²) in [7, 11) is 0. The molecule has 0 bridgehead atoms. The fourth-order valence-corrected chi connectivity index (χ4v) is 2.40. The first kappa shape index (κ1) is 14.4. The number of morpholine rings is 1. The topological polar surface area (TPSA) is 24.5 Å². The maximum absolute atomic E-state index is 13.2. The Bertz CT molecular complexity index is 371. The minimum Gasteiger partial charge on any atom is -0.379 e. The SMILES string of the molecule is Cc1cc(F)cc(CNCCCN2CCOCC2)c1. The highest BCUT2D eigenvalue weighted by Gasteiger charge is 2.08. The third-order valence-electron chi connectivity index (χ3n) is 3.36. The van der Waals surface area contributed by atoms with E-state index < -0.39 is 0 Å². The van der Waals surface area contributed by atoms with Crippen LogP contribution in [0.2, 0.25) is 0 Å². The second-order valence-corrected chi connectivity index (χ2v) is 5.12. The molecule has 106 valence electrons. The van der Waals surface area contributed by atoms with E-state index >= 15 is 0 Å². The van der Waals surface area contributed by atoms with E-state index in [1.54, 1.807) is 12.1 Å². The highest BCUT2D eigenvalue weighted by atomic mass is 19.1. The molecule has 1 heterocycles. The molecule has 0 spiro atoms. The van der Waals surface area contributed by atoms with Crippen LogP contribution >= 0.6 is 0 Å². The van der Waals surface area contributed by atoms with Crippen molar-refractivity contribution >= 4 is 0 Å². The van der Waals surface area contributed by atoms with Gasteiger partial charge in [-0.25, -0.2) is 4.39 Å². The largest absolute Gasteiger partial charge is 0.379 e.